The number of hydrogen-bond donors (Lipinski definition) is 1. The van der Waals surface area contributed by atoms with Gasteiger partial charge in [0, 0.05) is 18.5 Å². The zero-order valence-corrected chi connectivity index (χ0v) is 14.0. The SMILES string of the molecule is c1ccc(C2(CNCC3COc4ccccc4O3)CCCC2)cc1. The summed E-state index contributed by atoms with van der Waals surface area (Å²) in [6, 6.07) is 18.9. The van der Waals surface area contributed by atoms with Gasteiger partial charge >= 0.3 is 0 Å². The van der Waals surface area contributed by atoms with Crippen LogP contribution in [0.25, 0.3) is 0 Å². The highest BCUT2D eigenvalue weighted by molar-refractivity contribution is 5.40. The first-order valence-electron chi connectivity index (χ1n) is 9.00. The van der Waals surface area contributed by atoms with E-state index in [-0.39, 0.29) is 11.5 Å². The fraction of sp³-hybridized carbons (Fsp3) is 0.429. The fourth-order valence-electron chi connectivity index (χ4n) is 4.05. The molecule has 0 spiro atoms. The molecule has 0 bridgehead atoms. The van der Waals surface area contributed by atoms with Gasteiger partial charge in [0.15, 0.2) is 11.5 Å². The van der Waals surface area contributed by atoms with Crippen molar-refractivity contribution in [3.05, 3.63) is 60.2 Å². The van der Waals surface area contributed by atoms with Crippen LogP contribution in [0.3, 0.4) is 0 Å². The van der Waals surface area contributed by atoms with Gasteiger partial charge in [-0.05, 0) is 30.5 Å². The lowest BCUT2D eigenvalue weighted by Crippen LogP contribution is -2.43. The minimum Gasteiger partial charge on any atom is -0.486 e. The molecule has 1 N–H and O–H groups in total. The van der Waals surface area contributed by atoms with Crippen LogP contribution in [0.4, 0.5) is 0 Å². The summed E-state index contributed by atoms with van der Waals surface area (Å²) in [6.45, 7) is 2.45. The Morgan fingerprint density at radius 1 is 0.917 bits per heavy atom. The molecule has 0 aromatic heterocycles. The molecule has 1 fully saturated rings. The Morgan fingerprint density at radius 3 is 2.42 bits per heavy atom. The van der Waals surface area contributed by atoms with Crippen molar-refractivity contribution in [3.63, 3.8) is 0 Å². The highest BCUT2D eigenvalue weighted by Crippen LogP contribution is 2.40. The minimum absolute atomic E-state index is 0.0779. The summed E-state index contributed by atoms with van der Waals surface area (Å²) in [4.78, 5) is 0. The van der Waals surface area contributed by atoms with E-state index >= 15 is 0 Å². The highest BCUT2D eigenvalue weighted by Gasteiger charge is 2.35. The van der Waals surface area contributed by atoms with Crippen LogP contribution in [0.15, 0.2) is 54.6 Å². The Morgan fingerprint density at radius 2 is 1.62 bits per heavy atom. The largest absolute Gasteiger partial charge is 0.486 e. The molecule has 0 amide bonds. The molecule has 1 atom stereocenters. The Balaban J connectivity index is 1.36. The summed E-state index contributed by atoms with van der Waals surface area (Å²) >= 11 is 0. The van der Waals surface area contributed by atoms with Crippen molar-refractivity contribution in [1.82, 2.24) is 5.32 Å². The van der Waals surface area contributed by atoms with E-state index in [1.807, 2.05) is 24.3 Å². The van der Waals surface area contributed by atoms with Gasteiger partial charge in [-0.2, -0.15) is 0 Å². The molecule has 1 heterocycles. The zero-order valence-electron chi connectivity index (χ0n) is 14.0. The maximum atomic E-state index is 6.05. The molecule has 3 nitrogen and oxygen atoms in total. The van der Waals surface area contributed by atoms with E-state index in [2.05, 4.69) is 35.6 Å². The average molecular weight is 323 g/mol. The molecule has 4 rings (SSSR count). The molecule has 1 saturated carbocycles. The lowest BCUT2D eigenvalue weighted by atomic mass is 9.79. The van der Waals surface area contributed by atoms with Crippen molar-refractivity contribution < 1.29 is 9.47 Å². The van der Waals surface area contributed by atoms with Crippen LogP contribution in [0, 0.1) is 0 Å². The summed E-state index contributed by atoms with van der Waals surface area (Å²) in [7, 11) is 0. The molecule has 2 aliphatic rings. The minimum atomic E-state index is 0.0779. The lowest BCUT2D eigenvalue weighted by Gasteiger charge is -2.32. The number of nitrogens with one attached hydrogen (secondary N) is 1. The van der Waals surface area contributed by atoms with Crippen molar-refractivity contribution in [2.24, 2.45) is 0 Å². The summed E-state index contributed by atoms with van der Waals surface area (Å²) in [6.07, 6.45) is 5.28. The molecule has 3 heteroatoms. The predicted molar refractivity (Wildman–Crippen MR) is 95.8 cm³/mol. The Kier molecular flexibility index (Phi) is 4.44. The molecule has 0 radical (unpaired) electrons. The van der Waals surface area contributed by atoms with Gasteiger partial charge in [0.1, 0.15) is 12.7 Å². The average Bonchev–Trinajstić information content (AvgIpc) is 3.12. The summed E-state index contributed by atoms with van der Waals surface area (Å²) in [5.74, 6) is 1.71. The third-order valence-electron chi connectivity index (χ3n) is 5.35. The second kappa shape index (κ2) is 6.86. The van der Waals surface area contributed by atoms with Gasteiger partial charge in [0.25, 0.3) is 0 Å². The number of hydrogen-bond acceptors (Lipinski definition) is 3. The number of benzene rings is 2. The van der Waals surface area contributed by atoms with E-state index in [4.69, 9.17) is 9.47 Å². The topological polar surface area (TPSA) is 30.5 Å². The number of rotatable bonds is 5. The van der Waals surface area contributed by atoms with Gasteiger partial charge in [-0.1, -0.05) is 55.3 Å². The molecule has 126 valence electrons. The van der Waals surface area contributed by atoms with Crippen molar-refractivity contribution in [1.29, 1.82) is 0 Å². The van der Waals surface area contributed by atoms with Crippen LogP contribution in [0.1, 0.15) is 31.2 Å². The Labute approximate surface area is 144 Å². The lowest BCUT2D eigenvalue weighted by molar-refractivity contribution is 0.0892. The maximum absolute atomic E-state index is 6.05. The van der Waals surface area contributed by atoms with Gasteiger partial charge < -0.3 is 14.8 Å². The molecule has 1 aliphatic carbocycles. The van der Waals surface area contributed by atoms with E-state index in [1.165, 1.54) is 31.2 Å². The van der Waals surface area contributed by atoms with E-state index in [9.17, 15) is 0 Å². The second-order valence-electron chi connectivity index (χ2n) is 6.98. The number of para-hydroxylation sites is 2. The van der Waals surface area contributed by atoms with Crippen LogP contribution in [0.2, 0.25) is 0 Å². The van der Waals surface area contributed by atoms with Crippen molar-refractivity contribution in [3.8, 4) is 11.5 Å². The van der Waals surface area contributed by atoms with E-state index in [1.54, 1.807) is 0 Å². The van der Waals surface area contributed by atoms with Gasteiger partial charge in [0.2, 0.25) is 0 Å². The van der Waals surface area contributed by atoms with E-state index in [0.29, 0.717) is 6.61 Å². The maximum Gasteiger partial charge on any atom is 0.161 e. The van der Waals surface area contributed by atoms with Gasteiger partial charge in [-0.3, -0.25) is 0 Å². The van der Waals surface area contributed by atoms with E-state index in [0.717, 1.165) is 24.6 Å². The molecular weight excluding hydrogens is 298 g/mol. The first kappa shape index (κ1) is 15.5. The molecule has 2 aromatic rings. The third kappa shape index (κ3) is 3.13. The zero-order chi connectivity index (χ0) is 16.2. The third-order valence-corrected chi connectivity index (χ3v) is 5.35. The number of fused-ring (bicyclic) bond motifs is 1. The van der Waals surface area contributed by atoms with Crippen LogP contribution in [-0.4, -0.2) is 25.8 Å². The van der Waals surface area contributed by atoms with Crippen LogP contribution in [-0.2, 0) is 5.41 Å². The molecular formula is C21H25NO2. The second-order valence-corrected chi connectivity index (χ2v) is 6.98. The van der Waals surface area contributed by atoms with Crippen molar-refractivity contribution in [2.75, 3.05) is 19.7 Å². The fourth-order valence-corrected chi connectivity index (χ4v) is 4.05. The monoisotopic (exact) mass is 323 g/mol. The van der Waals surface area contributed by atoms with Crippen LogP contribution < -0.4 is 14.8 Å². The predicted octanol–water partition coefficient (Wildman–Crippen LogP) is 3.93. The van der Waals surface area contributed by atoms with Gasteiger partial charge in [-0.25, -0.2) is 0 Å². The normalized spacial score (nSPS) is 21.6. The molecule has 24 heavy (non-hydrogen) atoms. The highest BCUT2D eigenvalue weighted by atomic mass is 16.6. The molecule has 2 aromatic carbocycles. The molecule has 1 unspecified atom stereocenters. The number of ether oxygens (including phenoxy) is 2. The molecule has 1 aliphatic heterocycles. The van der Waals surface area contributed by atoms with Gasteiger partial charge in [0.05, 0.1) is 0 Å². The summed E-state index contributed by atoms with van der Waals surface area (Å²) < 4.78 is 11.9. The summed E-state index contributed by atoms with van der Waals surface area (Å²) in [5.41, 5.74) is 1.76. The molecule has 0 saturated heterocycles. The summed E-state index contributed by atoms with van der Waals surface area (Å²) in [5, 5.41) is 3.66. The van der Waals surface area contributed by atoms with Crippen LogP contribution >= 0.6 is 0 Å². The van der Waals surface area contributed by atoms with Gasteiger partial charge in [-0.15, -0.1) is 0 Å². The first-order valence-corrected chi connectivity index (χ1v) is 9.00. The van der Waals surface area contributed by atoms with Crippen molar-refractivity contribution >= 4 is 0 Å². The standard InChI is InChI=1S/C21H25NO2/c1-2-8-17(9-3-1)21(12-6-7-13-21)16-22-14-18-15-23-19-10-4-5-11-20(19)24-18/h1-5,8-11,18,22H,6-7,12-16H2. The Hall–Kier alpha value is -2.00. The first-order chi connectivity index (χ1) is 11.9. The smallest absolute Gasteiger partial charge is 0.161 e. The van der Waals surface area contributed by atoms with E-state index < -0.39 is 0 Å². The quantitative estimate of drug-likeness (QED) is 0.904. The van der Waals surface area contributed by atoms with Crippen molar-refractivity contribution in [2.45, 2.75) is 37.2 Å². The van der Waals surface area contributed by atoms with Crippen LogP contribution in [0.5, 0.6) is 11.5 Å². The Bertz CT molecular complexity index is 665.